The number of halogens is 3. The third kappa shape index (κ3) is 4.82. The van der Waals surface area contributed by atoms with Gasteiger partial charge < -0.3 is 9.30 Å². The van der Waals surface area contributed by atoms with Gasteiger partial charge in [-0.25, -0.2) is 23.4 Å². The Morgan fingerprint density at radius 1 is 1.13 bits per heavy atom. The van der Waals surface area contributed by atoms with Crippen LogP contribution in [0.3, 0.4) is 0 Å². The Labute approximate surface area is 168 Å². The van der Waals surface area contributed by atoms with Gasteiger partial charge in [0.05, 0.1) is 19.3 Å². The first-order valence-corrected chi connectivity index (χ1v) is 10.2. The predicted molar refractivity (Wildman–Crippen MR) is 99.7 cm³/mol. The Balaban J connectivity index is 2.10. The number of hydrogen-bond donors (Lipinski definition) is 0. The Morgan fingerprint density at radius 2 is 1.87 bits per heavy atom. The molecule has 0 bridgehead atoms. The molecule has 3 heterocycles. The van der Waals surface area contributed by atoms with E-state index in [0.29, 0.717) is 23.8 Å². The molecule has 0 fully saturated rings. The first-order valence-electron chi connectivity index (χ1n) is 8.33. The first kappa shape index (κ1) is 21.4. The molecule has 158 valence electrons. The summed E-state index contributed by atoms with van der Waals surface area (Å²) in [5.74, 6) is 0.333. The SMILES string of the molecule is COc1cc(Cn2cc(-c3cc(C(F)(F)F)nc(S(C)(=O)=O)n3)ccc2=O)ccn1. The summed E-state index contributed by atoms with van der Waals surface area (Å²) in [6, 6.07) is 6.31. The fraction of sp³-hybridized carbons (Fsp3) is 0.222. The highest BCUT2D eigenvalue weighted by Crippen LogP contribution is 2.30. The first-order chi connectivity index (χ1) is 14.0. The molecule has 12 heteroatoms. The van der Waals surface area contributed by atoms with Crippen LogP contribution >= 0.6 is 0 Å². The third-order valence-corrected chi connectivity index (χ3v) is 4.81. The Hall–Kier alpha value is -3.28. The second-order valence-corrected chi connectivity index (χ2v) is 8.19. The van der Waals surface area contributed by atoms with Crippen LogP contribution in [-0.2, 0) is 22.6 Å². The quantitative estimate of drug-likeness (QED) is 0.560. The monoisotopic (exact) mass is 440 g/mol. The third-order valence-electron chi connectivity index (χ3n) is 3.97. The van der Waals surface area contributed by atoms with Crippen molar-refractivity contribution in [3.8, 4) is 17.1 Å². The molecule has 0 aromatic carbocycles. The average molecular weight is 440 g/mol. The zero-order chi connectivity index (χ0) is 22.1. The van der Waals surface area contributed by atoms with Gasteiger partial charge in [0, 0.05) is 36.3 Å². The van der Waals surface area contributed by atoms with Crippen molar-refractivity contribution in [3.05, 3.63) is 64.3 Å². The molecule has 0 aliphatic rings. The highest BCUT2D eigenvalue weighted by molar-refractivity contribution is 7.90. The van der Waals surface area contributed by atoms with Crippen molar-refractivity contribution in [1.29, 1.82) is 0 Å². The van der Waals surface area contributed by atoms with Crippen LogP contribution in [0.15, 0.2) is 52.7 Å². The Bertz CT molecular complexity index is 1260. The van der Waals surface area contributed by atoms with Gasteiger partial charge in [0.25, 0.3) is 5.56 Å². The minimum absolute atomic E-state index is 0.0850. The van der Waals surface area contributed by atoms with Gasteiger partial charge in [0.1, 0.15) is 5.69 Å². The number of pyridine rings is 2. The molecule has 8 nitrogen and oxygen atoms in total. The normalized spacial score (nSPS) is 12.0. The van der Waals surface area contributed by atoms with E-state index in [1.807, 2.05) is 0 Å². The molecule has 3 rings (SSSR count). The molecule has 0 amide bonds. The van der Waals surface area contributed by atoms with Crippen LogP contribution in [0.5, 0.6) is 5.88 Å². The number of alkyl halides is 3. The van der Waals surface area contributed by atoms with Gasteiger partial charge >= 0.3 is 6.18 Å². The summed E-state index contributed by atoms with van der Waals surface area (Å²) in [5.41, 5.74) is -1.31. The molecule has 0 atom stereocenters. The van der Waals surface area contributed by atoms with Gasteiger partial charge in [-0.3, -0.25) is 4.79 Å². The summed E-state index contributed by atoms with van der Waals surface area (Å²) in [6.45, 7) is 0.0850. The second kappa shape index (κ2) is 7.86. The lowest BCUT2D eigenvalue weighted by molar-refractivity contribution is -0.141. The molecular weight excluding hydrogens is 425 g/mol. The molecule has 0 aliphatic heterocycles. The van der Waals surface area contributed by atoms with Crippen LogP contribution < -0.4 is 10.3 Å². The predicted octanol–water partition coefficient (Wildman–Crippen LogP) is 2.18. The van der Waals surface area contributed by atoms with Crippen LogP contribution in [0.1, 0.15) is 11.3 Å². The molecule has 0 unspecified atom stereocenters. The summed E-state index contributed by atoms with van der Waals surface area (Å²) >= 11 is 0. The van der Waals surface area contributed by atoms with Crippen LogP contribution in [0.2, 0.25) is 0 Å². The fourth-order valence-electron chi connectivity index (χ4n) is 2.55. The van der Waals surface area contributed by atoms with Gasteiger partial charge in [0.15, 0.2) is 0 Å². The van der Waals surface area contributed by atoms with E-state index in [1.54, 1.807) is 12.1 Å². The van der Waals surface area contributed by atoms with Crippen molar-refractivity contribution in [1.82, 2.24) is 19.5 Å². The molecule has 0 saturated carbocycles. The van der Waals surface area contributed by atoms with Crippen molar-refractivity contribution < 1.29 is 26.3 Å². The summed E-state index contributed by atoms with van der Waals surface area (Å²) < 4.78 is 69.4. The van der Waals surface area contributed by atoms with E-state index in [-0.39, 0.29) is 17.8 Å². The van der Waals surface area contributed by atoms with Gasteiger partial charge in [-0.05, 0) is 23.8 Å². The van der Waals surface area contributed by atoms with E-state index in [0.717, 1.165) is 6.07 Å². The number of methoxy groups -OCH3 is 1. The largest absolute Gasteiger partial charge is 0.481 e. The topological polar surface area (TPSA) is 104 Å². The van der Waals surface area contributed by atoms with Gasteiger partial charge in [0.2, 0.25) is 20.9 Å². The van der Waals surface area contributed by atoms with Gasteiger partial charge in [-0.1, -0.05) is 0 Å². The standard InChI is InChI=1S/C18H15F3N4O4S/c1-29-15-7-11(5-6-22-15)9-25-10-12(3-4-16(25)26)13-8-14(18(19,20)21)24-17(23-13)30(2,27)28/h3-8,10H,9H2,1-2H3. The van der Waals surface area contributed by atoms with E-state index in [4.69, 9.17) is 4.74 Å². The number of ether oxygens (including phenoxy) is 1. The number of hydrogen-bond acceptors (Lipinski definition) is 7. The molecule has 0 aliphatic carbocycles. The van der Waals surface area contributed by atoms with Crippen molar-refractivity contribution in [2.75, 3.05) is 13.4 Å². The van der Waals surface area contributed by atoms with E-state index >= 15 is 0 Å². The maximum atomic E-state index is 13.2. The smallest absolute Gasteiger partial charge is 0.433 e. The van der Waals surface area contributed by atoms with Crippen LogP contribution in [0.25, 0.3) is 11.3 Å². The lowest BCUT2D eigenvalue weighted by Crippen LogP contribution is -2.19. The van der Waals surface area contributed by atoms with Crippen LogP contribution in [0.4, 0.5) is 13.2 Å². The van der Waals surface area contributed by atoms with Crippen molar-refractivity contribution in [2.45, 2.75) is 17.9 Å². The van der Waals surface area contributed by atoms with E-state index < -0.39 is 32.4 Å². The zero-order valence-electron chi connectivity index (χ0n) is 15.7. The summed E-state index contributed by atoms with van der Waals surface area (Å²) in [7, 11) is -2.67. The zero-order valence-corrected chi connectivity index (χ0v) is 16.5. The molecule has 0 N–H and O–H groups in total. The van der Waals surface area contributed by atoms with E-state index in [1.165, 1.54) is 30.1 Å². The minimum Gasteiger partial charge on any atom is -0.481 e. The maximum absolute atomic E-state index is 13.2. The minimum atomic E-state index is -4.88. The van der Waals surface area contributed by atoms with Crippen LogP contribution in [0, 0.1) is 0 Å². The molecule has 0 spiro atoms. The van der Waals surface area contributed by atoms with E-state index in [9.17, 15) is 26.4 Å². The van der Waals surface area contributed by atoms with Crippen molar-refractivity contribution in [3.63, 3.8) is 0 Å². The van der Waals surface area contributed by atoms with Gasteiger partial charge in [-0.2, -0.15) is 13.2 Å². The maximum Gasteiger partial charge on any atom is 0.433 e. The highest BCUT2D eigenvalue weighted by atomic mass is 32.2. The van der Waals surface area contributed by atoms with E-state index in [2.05, 4.69) is 15.0 Å². The number of nitrogens with zero attached hydrogens (tertiary/aromatic N) is 4. The molecule has 3 aromatic heterocycles. The molecule has 0 radical (unpaired) electrons. The fourth-order valence-corrected chi connectivity index (χ4v) is 3.08. The molecule has 3 aromatic rings. The average Bonchev–Trinajstić information content (AvgIpc) is 2.68. The summed E-state index contributed by atoms with van der Waals surface area (Å²) in [5, 5.41) is -0.955. The van der Waals surface area contributed by atoms with Gasteiger partial charge in [-0.15, -0.1) is 0 Å². The Morgan fingerprint density at radius 3 is 2.50 bits per heavy atom. The number of aromatic nitrogens is 4. The highest BCUT2D eigenvalue weighted by Gasteiger charge is 2.35. The summed E-state index contributed by atoms with van der Waals surface area (Å²) in [4.78, 5) is 23.0. The summed E-state index contributed by atoms with van der Waals surface area (Å²) in [6.07, 6.45) is -1.38. The van der Waals surface area contributed by atoms with Crippen LogP contribution in [-0.4, -0.2) is 41.3 Å². The number of sulfone groups is 1. The lowest BCUT2D eigenvalue weighted by Gasteiger charge is -2.12. The Kier molecular flexibility index (Phi) is 5.61. The second-order valence-electron chi connectivity index (χ2n) is 6.28. The molecular formula is C18H15F3N4O4S. The van der Waals surface area contributed by atoms with Crippen molar-refractivity contribution >= 4 is 9.84 Å². The lowest BCUT2D eigenvalue weighted by atomic mass is 10.1. The molecule has 0 saturated heterocycles. The van der Waals surface area contributed by atoms with Crippen molar-refractivity contribution in [2.24, 2.45) is 0 Å². The number of rotatable bonds is 5. The molecule has 30 heavy (non-hydrogen) atoms.